The maximum Gasteiger partial charge on any atom is 0.271 e. The van der Waals surface area contributed by atoms with Gasteiger partial charge in [-0.15, -0.1) is 0 Å². The maximum atomic E-state index is 12.2. The molecule has 2 N–H and O–H groups in total. The Balaban J connectivity index is 1.91. The molecule has 0 fully saturated rings. The van der Waals surface area contributed by atoms with Crippen molar-refractivity contribution in [3.05, 3.63) is 64.2 Å². The van der Waals surface area contributed by atoms with Crippen LogP contribution in [0.3, 0.4) is 0 Å². The number of hydrogen-bond donors (Lipinski definition) is 2. The van der Waals surface area contributed by atoms with Gasteiger partial charge < -0.3 is 15.0 Å². The van der Waals surface area contributed by atoms with E-state index in [1.807, 2.05) is 25.2 Å². The smallest absolute Gasteiger partial charge is 0.271 e. The maximum absolute atomic E-state index is 12.2. The number of nitrogens with one attached hydrogen (secondary N) is 2. The molecule has 0 aliphatic heterocycles. The molecule has 7 nitrogen and oxygen atoms in total. The number of non-ortho nitro benzene ring substituents is 1. The fraction of sp³-hybridized carbons (Fsp3) is 0.278. The molecule has 7 heteroatoms. The van der Waals surface area contributed by atoms with Gasteiger partial charge in [-0.05, 0) is 6.07 Å². The lowest BCUT2D eigenvalue weighted by atomic mass is 10.2. The van der Waals surface area contributed by atoms with Crippen LogP contribution in [0.2, 0.25) is 0 Å². The summed E-state index contributed by atoms with van der Waals surface area (Å²) in [6, 6.07) is 14.2. The monoisotopic (exact) mass is 344 g/mol. The Morgan fingerprint density at radius 2 is 1.96 bits per heavy atom. The highest BCUT2D eigenvalue weighted by Gasteiger charge is 2.14. The summed E-state index contributed by atoms with van der Waals surface area (Å²) in [6.07, 6.45) is 0.310. The van der Waals surface area contributed by atoms with E-state index < -0.39 is 4.92 Å². The number of nitro benzene ring substituents is 1. The average molecular weight is 344 g/mol. The SMILES string of the molecule is COc1ccc([N+](=O)[O-])cc1NC(=O)CC[NH+](C)Cc1ccccc1. The first-order chi connectivity index (χ1) is 12.0. The van der Waals surface area contributed by atoms with Crippen molar-refractivity contribution in [3.8, 4) is 5.75 Å². The second kappa shape index (κ2) is 8.79. The molecule has 1 unspecified atom stereocenters. The molecule has 1 amide bonds. The number of amides is 1. The van der Waals surface area contributed by atoms with Crippen LogP contribution >= 0.6 is 0 Å². The molecule has 0 saturated carbocycles. The minimum absolute atomic E-state index is 0.0945. The average Bonchev–Trinajstić information content (AvgIpc) is 2.60. The lowest BCUT2D eigenvalue weighted by molar-refractivity contribution is -0.893. The van der Waals surface area contributed by atoms with E-state index in [1.165, 1.54) is 35.8 Å². The van der Waals surface area contributed by atoms with Crippen molar-refractivity contribution in [1.82, 2.24) is 0 Å². The van der Waals surface area contributed by atoms with Crippen LogP contribution in [0.25, 0.3) is 0 Å². The summed E-state index contributed by atoms with van der Waals surface area (Å²) in [5.74, 6) is 0.190. The number of nitro groups is 1. The zero-order chi connectivity index (χ0) is 18.2. The van der Waals surface area contributed by atoms with Crippen molar-refractivity contribution in [3.63, 3.8) is 0 Å². The normalized spacial score (nSPS) is 11.6. The highest BCUT2D eigenvalue weighted by Crippen LogP contribution is 2.28. The van der Waals surface area contributed by atoms with Crippen molar-refractivity contribution in [2.75, 3.05) is 26.0 Å². The van der Waals surface area contributed by atoms with E-state index in [4.69, 9.17) is 4.74 Å². The summed E-state index contributed by atoms with van der Waals surface area (Å²) in [6.45, 7) is 1.48. The first-order valence-electron chi connectivity index (χ1n) is 7.97. The number of ether oxygens (including phenoxy) is 1. The fourth-order valence-corrected chi connectivity index (χ4v) is 2.48. The minimum Gasteiger partial charge on any atom is -0.495 e. The molecular formula is C18H22N3O4+. The van der Waals surface area contributed by atoms with Crippen molar-refractivity contribution in [2.45, 2.75) is 13.0 Å². The molecule has 0 heterocycles. The van der Waals surface area contributed by atoms with Gasteiger partial charge in [-0.2, -0.15) is 0 Å². The summed E-state index contributed by atoms with van der Waals surface area (Å²) in [5.41, 5.74) is 1.42. The third-order valence-corrected chi connectivity index (χ3v) is 3.80. The summed E-state index contributed by atoms with van der Waals surface area (Å²) in [4.78, 5) is 23.7. The molecular weight excluding hydrogens is 322 g/mol. The van der Waals surface area contributed by atoms with Crippen LogP contribution in [0, 0.1) is 10.1 Å². The van der Waals surface area contributed by atoms with Crippen LogP contribution in [-0.2, 0) is 11.3 Å². The van der Waals surface area contributed by atoms with Crippen LogP contribution < -0.4 is 15.0 Å². The number of benzene rings is 2. The van der Waals surface area contributed by atoms with Crippen molar-refractivity contribution < 1.29 is 19.4 Å². The Morgan fingerprint density at radius 1 is 1.24 bits per heavy atom. The molecule has 0 spiro atoms. The summed E-state index contributed by atoms with van der Waals surface area (Å²) in [5, 5.41) is 13.6. The van der Waals surface area contributed by atoms with Gasteiger partial charge >= 0.3 is 0 Å². The van der Waals surface area contributed by atoms with Crippen LogP contribution in [0.15, 0.2) is 48.5 Å². The molecule has 0 saturated heterocycles. The standard InChI is InChI=1S/C18H21N3O4/c1-20(13-14-6-4-3-5-7-14)11-10-18(22)19-16-12-15(21(23)24)8-9-17(16)25-2/h3-9,12H,10-11,13H2,1-2H3,(H,19,22)/p+1. The second-order valence-corrected chi connectivity index (χ2v) is 5.81. The van der Waals surface area contributed by atoms with E-state index >= 15 is 0 Å². The lowest BCUT2D eigenvalue weighted by Crippen LogP contribution is -3.07. The van der Waals surface area contributed by atoms with E-state index in [2.05, 4.69) is 17.4 Å². The first kappa shape index (κ1) is 18.4. The number of hydrogen-bond acceptors (Lipinski definition) is 4. The molecule has 2 rings (SSSR count). The van der Waals surface area contributed by atoms with E-state index in [-0.39, 0.29) is 11.6 Å². The van der Waals surface area contributed by atoms with E-state index in [0.717, 1.165) is 6.54 Å². The number of carbonyl (C=O) groups is 1. The summed E-state index contributed by atoms with van der Waals surface area (Å²) >= 11 is 0. The van der Waals surface area contributed by atoms with Crippen molar-refractivity contribution >= 4 is 17.3 Å². The lowest BCUT2D eigenvalue weighted by Gasteiger charge is -2.14. The van der Waals surface area contributed by atoms with Crippen LogP contribution in [0.1, 0.15) is 12.0 Å². The first-order valence-corrected chi connectivity index (χ1v) is 7.97. The Bertz CT molecular complexity index is 734. The number of quaternary nitrogens is 1. The highest BCUT2D eigenvalue weighted by atomic mass is 16.6. The highest BCUT2D eigenvalue weighted by molar-refractivity contribution is 5.92. The minimum atomic E-state index is -0.507. The number of carbonyl (C=O) groups excluding carboxylic acids is 1. The topological polar surface area (TPSA) is 85.9 Å². The quantitative estimate of drug-likeness (QED) is 0.563. The zero-order valence-electron chi connectivity index (χ0n) is 14.3. The molecule has 0 aliphatic carbocycles. The molecule has 0 radical (unpaired) electrons. The zero-order valence-corrected chi connectivity index (χ0v) is 14.3. The largest absolute Gasteiger partial charge is 0.495 e. The summed E-state index contributed by atoms with van der Waals surface area (Å²) < 4.78 is 5.14. The predicted molar refractivity (Wildman–Crippen MR) is 94.8 cm³/mol. The van der Waals surface area contributed by atoms with Gasteiger partial charge in [0.05, 0.1) is 37.7 Å². The third kappa shape index (κ3) is 5.58. The van der Waals surface area contributed by atoms with Gasteiger partial charge in [0.1, 0.15) is 12.3 Å². The van der Waals surface area contributed by atoms with Gasteiger partial charge in [0.2, 0.25) is 5.91 Å². The van der Waals surface area contributed by atoms with Gasteiger partial charge in [0.25, 0.3) is 5.69 Å². The molecule has 2 aromatic carbocycles. The van der Waals surface area contributed by atoms with Gasteiger partial charge in [-0.3, -0.25) is 14.9 Å². The van der Waals surface area contributed by atoms with Gasteiger partial charge in [-0.25, -0.2) is 0 Å². The van der Waals surface area contributed by atoms with Crippen LogP contribution in [0.5, 0.6) is 5.75 Å². The Morgan fingerprint density at radius 3 is 2.60 bits per heavy atom. The predicted octanol–water partition coefficient (Wildman–Crippen LogP) is 1.65. The number of rotatable bonds is 8. The Labute approximate surface area is 146 Å². The molecule has 2 aromatic rings. The number of nitrogens with zero attached hydrogens (tertiary/aromatic N) is 1. The summed E-state index contributed by atoms with van der Waals surface area (Å²) in [7, 11) is 3.48. The van der Waals surface area contributed by atoms with Crippen molar-refractivity contribution in [2.24, 2.45) is 0 Å². The van der Waals surface area contributed by atoms with Gasteiger partial charge in [0, 0.05) is 17.7 Å². The van der Waals surface area contributed by atoms with E-state index in [1.54, 1.807) is 0 Å². The molecule has 0 bridgehead atoms. The van der Waals surface area contributed by atoms with Crippen LogP contribution in [-0.4, -0.2) is 31.5 Å². The number of anilines is 1. The molecule has 1 atom stereocenters. The van der Waals surface area contributed by atoms with E-state index in [9.17, 15) is 14.9 Å². The molecule has 132 valence electrons. The Hall–Kier alpha value is -2.93. The van der Waals surface area contributed by atoms with Gasteiger partial charge in [0.15, 0.2) is 0 Å². The second-order valence-electron chi connectivity index (χ2n) is 5.81. The number of methoxy groups -OCH3 is 1. The fourth-order valence-electron chi connectivity index (χ4n) is 2.48. The third-order valence-electron chi connectivity index (χ3n) is 3.80. The molecule has 25 heavy (non-hydrogen) atoms. The van der Waals surface area contributed by atoms with E-state index in [0.29, 0.717) is 24.4 Å². The molecule has 0 aromatic heterocycles. The molecule has 0 aliphatic rings. The van der Waals surface area contributed by atoms with Gasteiger partial charge in [-0.1, -0.05) is 30.3 Å². The van der Waals surface area contributed by atoms with Crippen molar-refractivity contribution in [1.29, 1.82) is 0 Å². The van der Waals surface area contributed by atoms with Crippen LogP contribution in [0.4, 0.5) is 11.4 Å². The Kier molecular flexibility index (Phi) is 6.47.